The lowest BCUT2D eigenvalue weighted by molar-refractivity contribution is 0.645. The second kappa shape index (κ2) is 10.3. The van der Waals surface area contributed by atoms with E-state index in [2.05, 4.69) is 61.6 Å². The van der Waals surface area contributed by atoms with Gasteiger partial charge in [0.05, 0.1) is 6.33 Å². The molecule has 0 spiro atoms. The molecular weight excluding hydrogens is 509 g/mol. The van der Waals surface area contributed by atoms with Crippen molar-refractivity contribution >= 4 is 41.5 Å². The number of aliphatic imine (C=N–C) groups is 1. The van der Waals surface area contributed by atoms with Crippen LogP contribution in [-0.4, -0.2) is 29.1 Å². The molecule has 4 rings (SSSR count). The lowest BCUT2D eigenvalue weighted by Crippen LogP contribution is -2.40. The van der Waals surface area contributed by atoms with E-state index in [0.717, 1.165) is 30.6 Å². The molecule has 5 nitrogen and oxygen atoms in total. The van der Waals surface area contributed by atoms with Gasteiger partial charge in [-0.25, -0.2) is 4.98 Å². The van der Waals surface area contributed by atoms with Crippen LogP contribution in [0.2, 0.25) is 5.02 Å². The molecule has 3 aromatic rings. The summed E-state index contributed by atoms with van der Waals surface area (Å²) < 4.78 is 2.07. The molecule has 1 aromatic heterocycles. The maximum absolute atomic E-state index is 6.18. The smallest absolute Gasteiger partial charge is 0.191 e. The molecule has 0 radical (unpaired) electrons. The Labute approximate surface area is 200 Å². The van der Waals surface area contributed by atoms with Crippen molar-refractivity contribution in [1.29, 1.82) is 0 Å². The van der Waals surface area contributed by atoms with Crippen LogP contribution in [0.15, 0.2) is 72.2 Å². The predicted molar refractivity (Wildman–Crippen MR) is 134 cm³/mol. The summed E-state index contributed by atoms with van der Waals surface area (Å²) in [6.45, 7) is 2.40. The van der Waals surface area contributed by atoms with Gasteiger partial charge in [0.15, 0.2) is 5.96 Å². The van der Waals surface area contributed by atoms with Crippen LogP contribution >= 0.6 is 35.6 Å². The largest absolute Gasteiger partial charge is 0.356 e. The van der Waals surface area contributed by atoms with Gasteiger partial charge in [-0.3, -0.25) is 4.99 Å². The van der Waals surface area contributed by atoms with Crippen molar-refractivity contribution in [3.05, 3.63) is 89.0 Å². The topological polar surface area (TPSA) is 54.2 Å². The Balaban J connectivity index is 0.00000256. The first-order valence-electron chi connectivity index (χ1n) is 9.91. The van der Waals surface area contributed by atoms with Gasteiger partial charge in [0.25, 0.3) is 0 Å². The number of benzene rings is 2. The van der Waals surface area contributed by atoms with E-state index in [4.69, 9.17) is 11.6 Å². The van der Waals surface area contributed by atoms with E-state index in [1.165, 1.54) is 29.5 Å². The van der Waals surface area contributed by atoms with Gasteiger partial charge in [-0.05, 0) is 41.7 Å². The quantitative estimate of drug-likeness (QED) is 0.264. The lowest BCUT2D eigenvalue weighted by atomic mass is 9.96. The third-order valence-electron chi connectivity index (χ3n) is 5.48. The summed E-state index contributed by atoms with van der Waals surface area (Å²) >= 11 is 6.18. The summed E-state index contributed by atoms with van der Waals surface area (Å²) in [4.78, 5) is 8.49. The SMILES string of the molecule is CN=C(NCc1cccc(Cn2ccnc2)c1)NCC1(c2cccc(Cl)c2)CC1.I. The second-order valence-corrected chi connectivity index (χ2v) is 8.06. The van der Waals surface area contributed by atoms with Gasteiger partial charge in [-0.2, -0.15) is 0 Å². The van der Waals surface area contributed by atoms with Gasteiger partial charge in [-0.1, -0.05) is 48.0 Å². The molecule has 0 aliphatic heterocycles. The fraction of sp³-hybridized carbons (Fsp3) is 0.304. The molecule has 1 fully saturated rings. The monoisotopic (exact) mass is 535 g/mol. The van der Waals surface area contributed by atoms with Gasteiger partial charge >= 0.3 is 0 Å². The zero-order chi connectivity index (χ0) is 20.1. The highest BCUT2D eigenvalue weighted by Gasteiger charge is 2.44. The van der Waals surface area contributed by atoms with E-state index in [9.17, 15) is 0 Å². The number of rotatable bonds is 7. The average Bonchev–Trinajstić information content (AvgIpc) is 3.36. The Bertz CT molecular complexity index is 983. The molecule has 0 bridgehead atoms. The Morgan fingerprint density at radius 3 is 2.63 bits per heavy atom. The van der Waals surface area contributed by atoms with Crippen LogP contribution in [0.1, 0.15) is 29.5 Å². The number of nitrogens with zero attached hydrogens (tertiary/aromatic N) is 3. The maximum atomic E-state index is 6.18. The average molecular weight is 536 g/mol. The molecule has 7 heteroatoms. The zero-order valence-electron chi connectivity index (χ0n) is 17.0. The van der Waals surface area contributed by atoms with Crippen molar-refractivity contribution in [2.45, 2.75) is 31.3 Å². The molecule has 1 saturated carbocycles. The molecule has 158 valence electrons. The fourth-order valence-corrected chi connectivity index (χ4v) is 3.82. The third kappa shape index (κ3) is 5.76. The molecule has 0 unspecified atom stereocenters. The van der Waals surface area contributed by atoms with Crippen molar-refractivity contribution < 1.29 is 0 Å². The van der Waals surface area contributed by atoms with Crippen LogP contribution in [-0.2, 0) is 18.5 Å². The van der Waals surface area contributed by atoms with E-state index in [1.54, 1.807) is 6.20 Å². The lowest BCUT2D eigenvalue weighted by Gasteiger charge is -2.19. The first-order valence-corrected chi connectivity index (χ1v) is 10.3. The van der Waals surface area contributed by atoms with E-state index in [1.807, 2.05) is 31.7 Å². The minimum absolute atomic E-state index is 0. The third-order valence-corrected chi connectivity index (χ3v) is 5.72. The zero-order valence-corrected chi connectivity index (χ0v) is 20.1. The normalized spacial score (nSPS) is 14.7. The van der Waals surface area contributed by atoms with Gasteiger partial charge in [0.1, 0.15) is 0 Å². The number of hydrogen-bond acceptors (Lipinski definition) is 2. The molecular formula is C23H27ClIN5. The Morgan fingerprint density at radius 2 is 1.93 bits per heavy atom. The highest BCUT2D eigenvalue weighted by molar-refractivity contribution is 14.0. The Kier molecular flexibility index (Phi) is 7.77. The van der Waals surface area contributed by atoms with Crippen molar-refractivity contribution in [3.63, 3.8) is 0 Å². The number of guanidine groups is 1. The minimum atomic E-state index is 0. The van der Waals surface area contributed by atoms with Gasteiger partial charge in [-0.15, -0.1) is 24.0 Å². The minimum Gasteiger partial charge on any atom is -0.356 e. The standard InChI is InChI=1S/C23H26ClN5.HI/c1-25-22(28-16-23(8-9-23)20-6-3-7-21(24)13-20)27-14-18-4-2-5-19(12-18)15-29-11-10-26-17-29;/h2-7,10-13,17H,8-9,14-16H2,1H3,(H2,25,27,28);1H. The van der Waals surface area contributed by atoms with Gasteiger partial charge in [0.2, 0.25) is 0 Å². The van der Waals surface area contributed by atoms with E-state index in [-0.39, 0.29) is 29.4 Å². The highest BCUT2D eigenvalue weighted by atomic mass is 127. The van der Waals surface area contributed by atoms with Crippen molar-refractivity contribution in [1.82, 2.24) is 20.2 Å². The number of halogens is 2. The molecule has 1 aliphatic carbocycles. The van der Waals surface area contributed by atoms with E-state index in [0.29, 0.717) is 0 Å². The molecule has 0 saturated heterocycles. The van der Waals surface area contributed by atoms with Crippen LogP contribution in [0.4, 0.5) is 0 Å². The molecule has 2 N–H and O–H groups in total. The maximum Gasteiger partial charge on any atom is 0.191 e. The predicted octanol–water partition coefficient (Wildman–Crippen LogP) is 4.60. The van der Waals surface area contributed by atoms with Crippen LogP contribution in [0.5, 0.6) is 0 Å². The number of nitrogens with one attached hydrogen (secondary N) is 2. The molecule has 1 aliphatic rings. The van der Waals surface area contributed by atoms with Crippen molar-refractivity contribution in [3.8, 4) is 0 Å². The molecule has 1 heterocycles. The number of imidazole rings is 1. The molecule has 2 aromatic carbocycles. The highest BCUT2D eigenvalue weighted by Crippen LogP contribution is 2.48. The van der Waals surface area contributed by atoms with Gasteiger partial charge < -0.3 is 15.2 Å². The van der Waals surface area contributed by atoms with E-state index < -0.39 is 0 Å². The van der Waals surface area contributed by atoms with Crippen molar-refractivity contribution in [2.24, 2.45) is 4.99 Å². The molecule has 0 amide bonds. The number of aromatic nitrogens is 2. The van der Waals surface area contributed by atoms with Gasteiger partial charge in [0, 0.05) is 49.5 Å². The first kappa shape index (κ1) is 22.6. The summed E-state index contributed by atoms with van der Waals surface area (Å²) in [6.07, 6.45) is 7.97. The Hall–Kier alpha value is -2.06. The number of hydrogen-bond donors (Lipinski definition) is 2. The van der Waals surface area contributed by atoms with Crippen molar-refractivity contribution in [2.75, 3.05) is 13.6 Å². The summed E-state index contributed by atoms with van der Waals surface area (Å²) in [5.41, 5.74) is 3.96. The summed E-state index contributed by atoms with van der Waals surface area (Å²) in [7, 11) is 1.81. The summed E-state index contributed by atoms with van der Waals surface area (Å²) in [5.74, 6) is 0.818. The molecule has 30 heavy (non-hydrogen) atoms. The fourth-order valence-electron chi connectivity index (χ4n) is 3.63. The van der Waals surface area contributed by atoms with Crippen LogP contribution < -0.4 is 10.6 Å². The summed E-state index contributed by atoms with van der Waals surface area (Å²) in [6, 6.07) is 16.8. The van der Waals surface area contributed by atoms with Crippen LogP contribution in [0.3, 0.4) is 0 Å². The summed E-state index contributed by atoms with van der Waals surface area (Å²) in [5, 5.41) is 7.72. The van der Waals surface area contributed by atoms with Crippen LogP contribution in [0, 0.1) is 0 Å². The van der Waals surface area contributed by atoms with Crippen LogP contribution in [0.25, 0.3) is 0 Å². The second-order valence-electron chi connectivity index (χ2n) is 7.62. The first-order chi connectivity index (χ1) is 14.2. The van der Waals surface area contributed by atoms with E-state index >= 15 is 0 Å². The molecule has 0 atom stereocenters. The Morgan fingerprint density at radius 1 is 1.13 bits per heavy atom.